The van der Waals surface area contributed by atoms with Crippen molar-refractivity contribution < 1.29 is 4.79 Å². The maximum absolute atomic E-state index is 12.3. The van der Waals surface area contributed by atoms with Gasteiger partial charge >= 0.3 is 0 Å². The molecule has 2 heterocycles. The van der Waals surface area contributed by atoms with Gasteiger partial charge in [-0.1, -0.05) is 42.7 Å². The number of nitrogens with one attached hydrogen (secondary N) is 1. The number of benzene rings is 1. The molecule has 148 valence electrons. The summed E-state index contributed by atoms with van der Waals surface area (Å²) in [6.45, 7) is 9.00. The van der Waals surface area contributed by atoms with Crippen LogP contribution in [0.2, 0.25) is 0 Å². The van der Waals surface area contributed by atoms with Gasteiger partial charge in [-0.15, -0.1) is 0 Å². The summed E-state index contributed by atoms with van der Waals surface area (Å²) in [7, 11) is 0. The molecule has 1 N–H and O–H groups in total. The number of hydrogen-bond acceptors (Lipinski definition) is 3. The fraction of sp³-hybridized carbons (Fsp3) is 0.696. The second kappa shape index (κ2) is 8.74. The summed E-state index contributed by atoms with van der Waals surface area (Å²) in [5.41, 5.74) is 2.75. The van der Waals surface area contributed by atoms with Gasteiger partial charge in [0.1, 0.15) is 0 Å². The minimum Gasteiger partial charge on any atom is -0.353 e. The van der Waals surface area contributed by atoms with Crippen LogP contribution in [-0.4, -0.2) is 54.5 Å². The molecule has 1 aliphatic carbocycles. The molecule has 4 rings (SSSR count). The molecule has 0 bridgehead atoms. The summed E-state index contributed by atoms with van der Waals surface area (Å²) in [6.07, 6.45) is 7.31. The predicted molar refractivity (Wildman–Crippen MR) is 110 cm³/mol. The molecule has 27 heavy (non-hydrogen) atoms. The van der Waals surface area contributed by atoms with E-state index in [4.69, 9.17) is 0 Å². The van der Waals surface area contributed by atoms with Gasteiger partial charge in [-0.05, 0) is 50.6 Å². The molecule has 1 unspecified atom stereocenters. The Labute approximate surface area is 164 Å². The number of amides is 1. The molecule has 1 aromatic rings. The maximum atomic E-state index is 12.3. The van der Waals surface area contributed by atoms with E-state index >= 15 is 0 Å². The van der Waals surface area contributed by atoms with Gasteiger partial charge in [-0.2, -0.15) is 0 Å². The lowest BCUT2D eigenvalue weighted by Gasteiger charge is -2.35. The molecule has 0 aromatic heterocycles. The topological polar surface area (TPSA) is 35.6 Å². The first-order valence-electron chi connectivity index (χ1n) is 11.0. The van der Waals surface area contributed by atoms with Crippen molar-refractivity contribution in [1.82, 2.24) is 15.1 Å². The number of rotatable bonds is 6. The Balaban J connectivity index is 1.16. The van der Waals surface area contributed by atoms with Crippen LogP contribution in [0.3, 0.4) is 0 Å². The molecule has 2 aliphatic heterocycles. The first-order chi connectivity index (χ1) is 13.2. The van der Waals surface area contributed by atoms with Crippen molar-refractivity contribution in [1.29, 1.82) is 0 Å². The first kappa shape index (κ1) is 18.9. The quantitative estimate of drug-likeness (QED) is 0.836. The monoisotopic (exact) mass is 369 g/mol. The summed E-state index contributed by atoms with van der Waals surface area (Å²) in [5.74, 6) is 1.26. The SMILES string of the molecule is Cc1ccc(CN2CCN(CCCC3C(=O)N[C@@H]4CCCC[C@@H]34)CC2)cc1. The molecule has 4 nitrogen and oxygen atoms in total. The second-order valence-electron chi connectivity index (χ2n) is 8.92. The van der Waals surface area contributed by atoms with E-state index in [1.54, 1.807) is 0 Å². The number of carbonyl (C=O) groups is 1. The third-order valence-corrected chi connectivity index (χ3v) is 6.98. The Morgan fingerprint density at radius 3 is 2.48 bits per heavy atom. The molecule has 3 aliphatic rings. The Hall–Kier alpha value is -1.39. The molecule has 0 spiro atoms. The van der Waals surface area contributed by atoms with Crippen LogP contribution in [0.15, 0.2) is 24.3 Å². The van der Waals surface area contributed by atoms with E-state index in [1.807, 2.05) is 0 Å². The van der Waals surface area contributed by atoms with Gasteiger partial charge in [-0.3, -0.25) is 9.69 Å². The van der Waals surface area contributed by atoms with Crippen molar-refractivity contribution in [2.24, 2.45) is 11.8 Å². The number of fused-ring (bicyclic) bond motifs is 1. The standard InChI is InChI=1S/C23H35N3O/c1-18-8-10-19(11-9-18)17-26-15-13-25(14-16-26)12-4-6-21-20-5-2-3-7-22(20)24-23(21)27/h8-11,20-22H,2-7,12-17H2,1H3,(H,24,27)/t20-,21?,22+/m0/s1. The highest BCUT2D eigenvalue weighted by Crippen LogP contribution is 2.37. The zero-order valence-corrected chi connectivity index (χ0v) is 16.8. The van der Waals surface area contributed by atoms with Crippen LogP contribution in [0.25, 0.3) is 0 Å². The van der Waals surface area contributed by atoms with Crippen LogP contribution in [-0.2, 0) is 11.3 Å². The van der Waals surface area contributed by atoms with Gasteiger partial charge in [0, 0.05) is 44.7 Å². The van der Waals surface area contributed by atoms with Crippen LogP contribution in [0.1, 0.15) is 49.7 Å². The number of carbonyl (C=O) groups excluding carboxylic acids is 1. The lowest BCUT2D eigenvalue weighted by atomic mass is 9.78. The van der Waals surface area contributed by atoms with E-state index in [-0.39, 0.29) is 5.92 Å². The Bertz CT molecular complexity index is 621. The summed E-state index contributed by atoms with van der Waals surface area (Å²) in [5, 5.41) is 3.27. The van der Waals surface area contributed by atoms with Gasteiger partial charge in [0.25, 0.3) is 0 Å². The van der Waals surface area contributed by atoms with Gasteiger partial charge in [0.15, 0.2) is 0 Å². The van der Waals surface area contributed by atoms with E-state index in [0.29, 0.717) is 17.9 Å². The largest absolute Gasteiger partial charge is 0.353 e. The average molecular weight is 370 g/mol. The van der Waals surface area contributed by atoms with Gasteiger partial charge in [0.2, 0.25) is 5.91 Å². The van der Waals surface area contributed by atoms with Crippen LogP contribution < -0.4 is 5.32 Å². The molecular formula is C23H35N3O. The normalized spacial score (nSPS) is 29.5. The summed E-state index contributed by atoms with van der Waals surface area (Å²) in [6, 6.07) is 9.42. The Kier molecular flexibility index (Phi) is 6.14. The van der Waals surface area contributed by atoms with Crippen molar-refractivity contribution in [3.63, 3.8) is 0 Å². The van der Waals surface area contributed by atoms with Crippen molar-refractivity contribution >= 4 is 5.91 Å². The number of piperazine rings is 1. The highest BCUT2D eigenvalue weighted by atomic mass is 16.2. The van der Waals surface area contributed by atoms with Crippen molar-refractivity contribution in [3.8, 4) is 0 Å². The molecule has 1 aromatic carbocycles. The molecule has 1 saturated carbocycles. The molecule has 3 fully saturated rings. The lowest BCUT2D eigenvalue weighted by Crippen LogP contribution is -2.46. The smallest absolute Gasteiger partial charge is 0.223 e. The van der Waals surface area contributed by atoms with E-state index in [9.17, 15) is 4.79 Å². The zero-order chi connectivity index (χ0) is 18.6. The minimum absolute atomic E-state index is 0.290. The third-order valence-electron chi connectivity index (χ3n) is 6.98. The minimum atomic E-state index is 0.290. The molecular weight excluding hydrogens is 334 g/mol. The van der Waals surface area contributed by atoms with E-state index in [0.717, 1.165) is 45.7 Å². The highest BCUT2D eigenvalue weighted by Gasteiger charge is 2.42. The summed E-state index contributed by atoms with van der Waals surface area (Å²) >= 11 is 0. The van der Waals surface area contributed by atoms with Crippen molar-refractivity contribution in [2.45, 2.75) is 58.0 Å². The fourth-order valence-electron chi connectivity index (χ4n) is 5.31. The predicted octanol–water partition coefficient (Wildman–Crippen LogP) is 3.20. The van der Waals surface area contributed by atoms with Crippen LogP contribution >= 0.6 is 0 Å². The molecule has 1 amide bonds. The van der Waals surface area contributed by atoms with Crippen molar-refractivity contribution in [3.05, 3.63) is 35.4 Å². The van der Waals surface area contributed by atoms with Gasteiger partial charge in [0.05, 0.1) is 0 Å². The number of aryl methyl sites for hydroxylation is 1. The molecule has 0 radical (unpaired) electrons. The zero-order valence-electron chi connectivity index (χ0n) is 16.8. The highest BCUT2D eigenvalue weighted by molar-refractivity contribution is 5.81. The first-order valence-corrected chi connectivity index (χ1v) is 11.0. The van der Waals surface area contributed by atoms with Crippen LogP contribution in [0.4, 0.5) is 0 Å². The number of nitrogens with zero attached hydrogens (tertiary/aromatic N) is 2. The van der Waals surface area contributed by atoms with Crippen LogP contribution in [0.5, 0.6) is 0 Å². The van der Waals surface area contributed by atoms with Crippen LogP contribution in [0, 0.1) is 18.8 Å². The Morgan fingerprint density at radius 1 is 1.00 bits per heavy atom. The van der Waals surface area contributed by atoms with E-state index in [2.05, 4.69) is 46.3 Å². The molecule has 2 saturated heterocycles. The maximum Gasteiger partial charge on any atom is 0.223 e. The second-order valence-corrected chi connectivity index (χ2v) is 8.92. The Morgan fingerprint density at radius 2 is 1.70 bits per heavy atom. The number of hydrogen-bond donors (Lipinski definition) is 1. The molecule has 4 heteroatoms. The summed E-state index contributed by atoms with van der Waals surface area (Å²) in [4.78, 5) is 17.5. The van der Waals surface area contributed by atoms with Gasteiger partial charge < -0.3 is 10.2 Å². The third kappa shape index (κ3) is 4.72. The van der Waals surface area contributed by atoms with E-state index < -0.39 is 0 Å². The van der Waals surface area contributed by atoms with Crippen molar-refractivity contribution in [2.75, 3.05) is 32.7 Å². The van der Waals surface area contributed by atoms with Gasteiger partial charge in [-0.25, -0.2) is 0 Å². The molecule has 3 atom stereocenters. The average Bonchev–Trinajstić information content (AvgIpc) is 3.00. The summed E-state index contributed by atoms with van der Waals surface area (Å²) < 4.78 is 0. The fourth-order valence-corrected chi connectivity index (χ4v) is 5.31. The van der Waals surface area contributed by atoms with E-state index in [1.165, 1.54) is 43.2 Å². The lowest BCUT2D eigenvalue weighted by molar-refractivity contribution is -0.123.